The van der Waals surface area contributed by atoms with Gasteiger partial charge in [0.1, 0.15) is 5.75 Å². The highest BCUT2D eigenvalue weighted by Crippen LogP contribution is 2.35. The molecule has 0 bridgehead atoms. The highest BCUT2D eigenvalue weighted by Gasteiger charge is 2.29. The van der Waals surface area contributed by atoms with Gasteiger partial charge in [-0.2, -0.15) is 0 Å². The van der Waals surface area contributed by atoms with Crippen molar-refractivity contribution in [2.75, 3.05) is 18.2 Å². The first-order chi connectivity index (χ1) is 12.4. The fourth-order valence-electron chi connectivity index (χ4n) is 3.03. The number of amides is 1. The molecule has 6 heteroatoms. The van der Waals surface area contributed by atoms with Crippen molar-refractivity contribution in [3.05, 3.63) is 59.2 Å². The van der Waals surface area contributed by atoms with E-state index in [4.69, 9.17) is 10.5 Å². The number of anilines is 1. The monoisotopic (exact) mass is 369 g/mol. The quantitative estimate of drug-likeness (QED) is 0.856. The van der Waals surface area contributed by atoms with Gasteiger partial charge in [0.05, 0.1) is 18.3 Å². The molecule has 3 N–H and O–H groups in total. The molecular weight excluding hydrogens is 346 g/mol. The van der Waals surface area contributed by atoms with Gasteiger partial charge < -0.3 is 15.8 Å². The zero-order valence-corrected chi connectivity index (χ0v) is 16.0. The molecule has 26 heavy (non-hydrogen) atoms. The predicted octanol–water partition coefficient (Wildman–Crippen LogP) is 3.92. The van der Waals surface area contributed by atoms with E-state index in [-0.39, 0.29) is 11.4 Å². The highest BCUT2D eigenvalue weighted by molar-refractivity contribution is 8.13. The van der Waals surface area contributed by atoms with Crippen molar-refractivity contribution in [2.24, 2.45) is 10.7 Å². The number of benzene rings is 2. The van der Waals surface area contributed by atoms with Crippen LogP contribution in [0.2, 0.25) is 0 Å². The Labute approximate surface area is 158 Å². The van der Waals surface area contributed by atoms with Crippen LogP contribution in [0.1, 0.15) is 34.8 Å². The number of aryl methyl sites for hydroxylation is 1. The average molecular weight is 369 g/mol. The van der Waals surface area contributed by atoms with Crippen molar-refractivity contribution in [1.82, 2.24) is 0 Å². The zero-order valence-electron chi connectivity index (χ0n) is 15.2. The second-order valence-electron chi connectivity index (χ2n) is 6.51. The number of nitrogens with two attached hydrogens (primary N) is 1. The number of hydrogen-bond acceptors (Lipinski definition) is 5. The van der Waals surface area contributed by atoms with Crippen LogP contribution in [0.15, 0.2) is 47.5 Å². The number of hydrogen-bond donors (Lipinski definition) is 2. The number of nitrogens with zero attached hydrogens (tertiary/aromatic N) is 1. The molecule has 0 radical (unpaired) electrons. The zero-order chi connectivity index (χ0) is 18.7. The topological polar surface area (TPSA) is 76.7 Å². The van der Waals surface area contributed by atoms with Crippen LogP contribution in [0.4, 0.5) is 5.69 Å². The Morgan fingerprint density at radius 3 is 2.65 bits per heavy atom. The normalized spacial score (nSPS) is 19.6. The van der Waals surface area contributed by atoms with E-state index in [0.717, 1.165) is 23.3 Å². The standard InChI is InChI=1S/C20H23N3O2S/c1-13-5-4-6-16(25-3)17(13)22-18(24)14-7-9-15(10-8-14)20(2)11-12-26-19(21)23-20/h4-10H,11-12H2,1-3H3,(H2,21,23)(H,22,24). The van der Waals surface area contributed by atoms with E-state index < -0.39 is 0 Å². The molecule has 1 amide bonds. The molecular formula is C20H23N3O2S. The summed E-state index contributed by atoms with van der Waals surface area (Å²) in [5.41, 5.74) is 8.85. The summed E-state index contributed by atoms with van der Waals surface area (Å²) in [5, 5.41) is 3.56. The molecule has 1 aliphatic rings. The molecule has 3 rings (SSSR count). The van der Waals surface area contributed by atoms with Gasteiger partial charge in [-0.15, -0.1) is 0 Å². The predicted molar refractivity (Wildman–Crippen MR) is 108 cm³/mol. The van der Waals surface area contributed by atoms with Gasteiger partial charge in [0.25, 0.3) is 5.91 Å². The number of rotatable bonds is 4. The first-order valence-electron chi connectivity index (χ1n) is 8.46. The summed E-state index contributed by atoms with van der Waals surface area (Å²) in [5.74, 6) is 1.42. The molecule has 1 heterocycles. The molecule has 2 aromatic carbocycles. The van der Waals surface area contributed by atoms with Crippen molar-refractivity contribution in [3.63, 3.8) is 0 Å². The molecule has 0 aliphatic carbocycles. The van der Waals surface area contributed by atoms with Crippen LogP contribution >= 0.6 is 11.8 Å². The Morgan fingerprint density at radius 2 is 2.00 bits per heavy atom. The lowest BCUT2D eigenvalue weighted by Gasteiger charge is -2.29. The number of amidine groups is 1. The number of methoxy groups -OCH3 is 1. The summed E-state index contributed by atoms with van der Waals surface area (Å²) in [6, 6.07) is 13.2. The van der Waals surface area contributed by atoms with Gasteiger partial charge in [-0.3, -0.25) is 9.79 Å². The van der Waals surface area contributed by atoms with E-state index in [1.807, 2.05) is 49.4 Å². The number of para-hydroxylation sites is 1. The van der Waals surface area contributed by atoms with E-state index in [1.165, 1.54) is 0 Å². The number of aliphatic imine (C=N–C) groups is 1. The number of carbonyl (C=O) groups excluding carboxylic acids is 1. The number of carbonyl (C=O) groups is 1. The summed E-state index contributed by atoms with van der Waals surface area (Å²) >= 11 is 1.58. The fraction of sp³-hybridized carbons (Fsp3) is 0.300. The lowest BCUT2D eigenvalue weighted by atomic mass is 9.89. The summed E-state index contributed by atoms with van der Waals surface area (Å²) < 4.78 is 5.34. The molecule has 2 aromatic rings. The lowest BCUT2D eigenvalue weighted by Crippen LogP contribution is -2.28. The van der Waals surface area contributed by atoms with Crippen LogP contribution in [0.3, 0.4) is 0 Å². The lowest BCUT2D eigenvalue weighted by molar-refractivity contribution is 0.102. The smallest absolute Gasteiger partial charge is 0.255 e. The van der Waals surface area contributed by atoms with Crippen molar-refractivity contribution in [2.45, 2.75) is 25.8 Å². The Morgan fingerprint density at radius 1 is 1.27 bits per heavy atom. The minimum Gasteiger partial charge on any atom is -0.495 e. The van der Waals surface area contributed by atoms with Gasteiger partial charge in [0, 0.05) is 11.3 Å². The maximum Gasteiger partial charge on any atom is 0.255 e. The van der Waals surface area contributed by atoms with E-state index in [2.05, 4.69) is 17.2 Å². The van der Waals surface area contributed by atoms with E-state index in [1.54, 1.807) is 18.9 Å². The summed E-state index contributed by atoms with van der Waals surface area (Å²) in [6.07, 6.45) is 0.921. The summed E-state index contributed by atoms with van der Waals surface area (Å²) in [6.45, 7) is 4.01. The van der Waals surface area contributed by atoms with Crippen LogP contribution in [-0.4, -0.2) is 23.9 Å². The molecule has 0 fully saturated rings. The third-order valence-electron chi connectivity index (χ3n) is 4.66. The second kappa shape index (κ2) is 7.41. The molecule has 5 nitrogen and oxygen atoms in total. The van der Waals surface area contributed by atoms with Gasteiger partial charge in [-0.25, -0.2) is 0 Å². The Bertz CT molecular complexity index is 849. The first-order valence-corrected chi connectivity index (χ1v) is 9.45. The van der Waals surface area contributed by atoms with E-state index in [0.29, 0.717) is 22.2 Å². The van der Waals surface area contributed by atoms with Crippen molar-refractivity contribution < 1.29 is 9.53 Å². The molecule has 0 spiro atoms. The van der Waals surface area contributed by atoms with Gasteiger partial charge >= 0.3 is 0 Å². The largest absolute Gasteiger partial charge is 0.495 e. The van der Waals surface area contributed by atoms with Crippen LogP contribution in [0.25, 0.3) is 0 Å². The van der Waals surface area contributed by atoms with Crippen LogP contribution in [-0.2, 0) is 5.54 Å². The van der Waals surface area contributed by atoms with Crippen LogP contribution in [0, 0.1) is 6.92 Å². The fourth-order valence-corrected chi connectivity index (χ4v) is 4.01. The summed E-state index contributed by atoms with van der Waals surface area (Å²) in [4.78, 5) is 17.2. The molecule has 0 saturated heterocycles. The van der Waals surface area contributed by atoms with E-state index >= 15 is 0 Å². The third kappa shape index (κ3) is 3.70. The third-order valence-corrected chi connectivity index (χ3v) is 5.45. The second-order valence-corrected chi connectivity index (χ2v) is 7.62. The van der Waals surface area contributed by atoms with Crippen molar-refractivity contribution >= 4 is 28.5 Å². The number of thioether (sulfide) groups is 1. The Balaban J connectivity index is 1.81. The van der Waals surface area contributed by atoms with E-state index in [9.17, 15) is 4.79 Å². The minimum atomic E-state index is -0.330. The molecule has 0 saturated carbocycles. The van der Waals surface area contributed by atoms with Gasteiger partial charge in [-0.1, -0.05) is 36.0 Å². The Hall–Kier alpha value is -2.47. The Kier molecular flexibility index (Phi) is 5.23. The molecule has 0 aromatic heterocycles. The van der Waals surface area contributed by atoms with Crippen LogP contribution in [0.5, 0.6) is 5.75 Å². The molecule has 136 valence electrons. The van der Waals surface area contributed by atoms with Crippen molar-refractivity contribution in [1.29, 1.82) is 0 Å². The maximum absolute atomic E-state index is 12.6. The van der Waals surface area contributed by atoms with Crippen molar-refractivity contribution in [3.8, 4) is 5.75 Å². The minimum absolute atomic E-state index is 0.170. The van der Waals surface area contributed by atoms with Gasteiger partial charge in [-0.05, 0) is 49.6 Å². The van der Waals surface area contributed by atoms with Gasteiger partial charge in [0.15, 0.2) is 5.17 Å². The first kappa shape index (κ1) is 18.3. The summed E-state index contributed by atoms with van der Waals surface area (Å²) in [7, 11) is 1.59. The SMILES string of the molecule is COc1cccc(C)c1NC(=O)c1ccc(C2(C)CCSC(N)=N2)cc1. The number of ether oxygens (including phenoxy) is 1. The molecule has 1 unspecified atom stereocenters. The van der Waals surface area contributed by atoms with Gasteiger partial charge in [0.2, 0.25) is 0 Å². The molecule has 1 atom stereocenters. The number of nitrogens with one attached hydrogen (secondary N) is 1. The maximum atomic E-state index is 12.6. The highest BCUT2D eigenvalue weighted by atomic mass is 32.2. The average Bonchev–Trinajstić information content (AvgIpc) is 2.63. The molecule has 1 aliphatic heterocycles. The van der Waals surface area contributed by atoms with Crippen LogP contribution < -0.4 is 15.8 Å².